The first kappa shape index (κ1) is 16.3. The third-order valence-electron chi connectivity index (χ3n) is 4.19. The molecule has 0 aromatic heterocycles. The number of ether oxygens (including phenoxy) is 1. The van der Waals surface area contributed by atoms with Gasteiger partial charge in [-0.15, -0.1) is 0 Å². The molecule has 0 spiro atoms. The number of hydrogen-bond donors (Lipinski definition) is 1. The molecule has 1 atom stereocenters. The Bertz CT molecular complexity index is 563. The highest BCUT2D eigenvalue weighted by Crippen LogP contribution is 2.22. The van der Waals surface area contributed by atoms with Crippen LogP contribution in [0, 0.1) is 19.8 Å². The Morgan fingerprint density at radius 2 is 1.91 bits per heavy atom. The number of carbonyl (C=O) groups excluding carboxylic acids is 2. The average molecular weight is 304 g/mol. The SMILES string of the molecule is Cc1ccc(O[C@H](C)C(=O)N2CCC(C(N)=O)CC2)c(C)c1. The third-order valence-corrected chi connectivity index (χ3v) is 4.19. The van der Waals surface area contributed by atoms with Gasteiger partial charge in [-0.1, -0.05) is 17.7 Å². The molecule has 120 valence electrons. The fourth-order valence-corrected chi connectivity index (χ4v) is 2.81. The first-order valence-corrected chi connectivity index (χ1v) is 7.70. The van der Waals surface area contributed by atoms with Crippen LogP contribution >= 0.6 is 0 Å². The number of hydrogen-bond acceptors (Lipinski definition) is 3. The molecule has 2 N–H and O–H groups in total. The summed E-state index contributed by atoms with van der Waals surface area (Å²) in [7, 11) is 0. The zero-order valence-corrected chi connectivity index (χ0v) is 13.5. The van der Waals surface area contributed by atoms with Gasteiger partial charge in [0.1, 0.15) is 5.75 Å². The lowest BCUT2D eigenvalue weighted by atomic mass is 9.96. The lowest BCUT2D eigenvalue weighted by Crippen LogP contribution is -2.46. The number of nitrogens with zero attached hydrogens (tertiary/aromatic N) is 1. The van der Waals surface area contributed by atoms with Gasteiger partial charge in [0, 0.05) is 19.0 Å². The molecule has 0 unspecified atom stereocenters. The van der Waals surface area contributed by atoms with Crippen LogP contribution < -0.4 is 10.5 Å². The normalized spacial score (nSPS) is 17.1. The molecule has 5 heteroatoms. The van der Waals surface area contributed by atoms with Gasteiger partial charge >= 0.3 is 0 Å². The predicted molar refractivity (Wildman–Crippen MR) is 84.5 cm³/mol. The molecule has 1 aliphatic heterocycles. The molecular formula is C17H24N2O3. The Morgan fingerprint density at radius 3 is 2.45 bits per heavy atom. The van der Waals surface area contributed by atoms with E-state index < -0.39 is 6.10 Å². The zero-order chi connectivity index (χ0) is 16.3. The minimum atomic E-state index is -0.536. The van der Waals surface area contributed by atoms with Gasteiger partial charge in [-0.2, -0.15) is 0 Å². The Hall–Kier alpha value is -2.04. The molecule has 2 rings (SSSR count). The highest BCUT2D eigenvalue weighted by atomic mass is 16.5. The summed E-state index contributed by atoms with van der Waals surface area (Å²) in [6.45, 7) is 6.88. The highest BCUT2D eigenvalue weighted by Gasteiger charge is 2.29. The molecule has 0 bridgehead atoms. The number of carbonyl (C=O) groups is 2. The second-order valence-corrected chi connectivity index (χ2v) is 6.03. The van der Waals surface area contributed by atoms with E-state index in [1.165, 1.54) is 0 Å². The van der Waals surface area contributed by atoms with E-state index in [0.29, 0.717) is 25.9 Å². The van der Waals surface area contributed by atoms with Crippen molar-refractivity contribution in [3.05, 3.63) is 29.3 Å². The molecule has 1 heterocycles. The topological polar surface area (TPSA) is 72.6 Å². The molecule has 1 fully saturated rings. The molecule has 0 saturated carbocycles. The molecular weight excluding hydrogens is 280 g/mol. The van der Waals surface area contributed by atoms with E-state index in [-0.39, 0.29) is 17.7 Å². The van der Waals surface area contributed by atoms with Crippen LogP contribution in [0.15, 0.2) is 18.2 Å². The molecule has 0 aliphatic carbocycles. The van der Waals surface area contributed by atoms with Crippen molar-refractivity contribution >= 4 is 11.8 Å². The van der Waals surface area contributed by atoms with Crippen molar-refractivity contribution in [2.75, 3.05) is 13.1 Å². The smallest absolute Gasteiger partial charge is 0.263 e. The van der Waals surface area contributed by atoms with Crippen molar-refractivity contribution in [3.8, 4) is 5.75 Å². The van der Waals surface area contributed by atoms with Crippen molar-refractivity contribution in [2.24, 2.45) is 11.7 Å². The van der Waals surface area contributed by atoms with E-state index in [0.717, 1.165) is 16.9 Å². The van der Waals surface area contributed by atoms with Crippen molar-refractivity contribution < 1.29 is 14.3 Å². The van der Waals surface area contributed by atoms with Crippen molar-refractivity contribution in [1.29, 1.82) is 0 Å². The van der Waals surface area contributed by atoms with E-state index >= 15 is 0 Å². The number of amides is 2. The fraction of sp³-hybridized carbons (Fsp3) is 0.529. The lowest BCUT2D eigenvalue weighted by Gasteiger charge is -2.32. The first-order valence-electron chi connectivity index (χ1n) is 7.70. The molecule has 1 aromatic rings. The summed E-state index contributed by atoms with van der Waals surface area (Å²) in [6.07, 6.45) is 0.737. The quantitative estimate of drug-likeness (QED) is 0.922. The van der Waals surface area contributed by atoms with Crippen LogP contribution in [0.4, 0.5) is 0 Å². The second kappa shape index (κ2) is 6.81. The monoisotopic (exact) mass is 304 g/mol. The van der Waals surface area contributed by atoms with Crippen LogP contribution in [0.1, 0.15) is 30.9 Å². The van der Waals surface area contributed by atoms with Gasteiger partial charge in [-0.05, 0) is 45.2 Å². The minimum absolute atomic E-state index is 0.0390. The number of likely N-dealkylation sites (tertiary alicyclic amines) is 1. The van der Waals surface area contributed by atoms with E-state index in [2.05, 4.69) is 0 Å². The molecule has 1 aliphatic rings. The predicted octanol–water partition coefficient (Wildman–Crippen LogP) is 1.79. The van der Waals surface area contributed by atoms with Crippen molar-refractivity contribution in [3.63, 3.8) is 0 Å². The van der Waals surface area contributed by atoms with Crippen molar-refractivity contribution in [2.45, 2.75) is 39.7 Å². The van der Waals surface area contributed by atoms with E-state index in [9.17, 15) is 9.59 Å². The standard InChI is InChI=1S/C17H24N2O3/c1-11-4-5-15(12(2)10-11)22-13(3)17(21)19-8-6-14(7-9-19)16(18)20/h4-5,10,13-14H,6-9H2,1-3H3,(H2,18,20)/t13-/m1/s1. The van der Waals surface area contributed by atoms with Gasteiger partial charge < -0.3 is 15.4 Å². The van der Waals surface area contributed by atoms with Gasteiger partial charge in [0.05, 0.1) is 0 Å². The molecule has 2 amide bonds. The number of rotatable bonds is 4. The maximum Gasteiger partial charge on any atom is 0.263 e. The maximum absolute atomic E-state index is 12.4. The summed E-state index contributed by atoms with van der Waals surface area (Å²) in [4.78, 5) is 25.4. The Labute approximate surface area is 131 Å². The molecule has 22 heavy (non-hydrogen) atoms. The largest absolute Gasteiger partial charge is 0.481 e. The molecule has 0 radical (unpaired) electrons. The van der Waals surface area contributed by atoms with E-state index in [4.69, 9.17) is 10.5 Å². The van der Waals surface area contributed by atoms with E-state index in [1.54, 1.807) is 11.8 Å². The summed E-state index contributed by atoms with van der Waals surface area (Å²) < 4.78 is 5.81. The number of primary amides is 1. The average Bonchev–Trinajstić information content (AvgIpc) is 2.49. The van der Waals surface area contributed by atoms with Crippen LogP contribution in [0.5, 0.6) is 5.75 Å². The van der Waals surface area contributed by atoms with Crippen LogP contribution in [0.3, 0.4) is 0 Å². The summed E-state index contributed by atoms with van der Waals surface area (Å²) in [6, 6.07) is 5.90. The highest BCUT2D eigenvalue weighted by molar-refractivity contribution is 5.82. The lowest BCUT2D eigenvalue weighted by molar-refractivity contribution is -0.140. The minimum Gasteiger partial charge on any atom is -0.481 e. The Morgan fingerprint density at radius 1 is 1.27 bits per heavy atom. The third kappa shape index (κ3) is 3.78. The van der Waals surface area contributed by atoms with Crippen LogP contribution in [0.2, 0.25) is 0 Å². The number of benzene rings is 1. The molecule has 1 aromatic carbocycles. The van der Waals surface area contributed by atoms with Gasteiger partial charge in [0.25, 0.3) is 5.91 Å². The summed E-state index contributed by atoms with van der Waals surface area (Å²) in [5, 5.41) is 0. The van der Waals surface area contributed by atoms with Gasteiger partial charge in [0.2, 0.25) is 5.91 Å². The van der Waals surface area contributed by atoms with Gasteiger partial charge in [-0.3, -0.25) is 9.59 Å². The first-order chi connectivity index (χ1) is 10.4. The Balaban J connectivity index is 1.94. The summed E-state index contributed by atoms with van der Waals surface area (Å²) in [5.74, 6) is 0.313. The zero-order valence-electron chi connectivity index (χ0n) is 13.5. The van der Waals surface area contributed by atoms with Crippen LogP contribution in [-0.4, -0.2) is 35.9 Å². The number of nitrogens with two attached hydrogens (primary N) is 1. The van der Waals surface area contributed by atoms with E-state index in [1.807, 2.05) is 32.0 Å². The fourth-order valence-electron chi connectivity index (χ4n) is 2.81. The summed E-state index contributed by atoms with van der Waals surface area (Å²) in [5.41, 5.74) is 7.50. The maximum atomic E-state index is 12.4. The molecule has 1 saturated heterocycles. The second-order valence-electron chi connectivity index (χ2n) is 6.03. The number of piperidine rings is 1. The molecule has 5 nitrogen and oxygen atoms in total. The number of aryl methyl sites for hydroxylation is 2. The van der Waals surface area contributed by atoms with Crippen molar-refractivity contribution in [1.82, 2.24) is 4.90 Å². The Kier molecular flexibility index (Phi) is 5.06. The van der Waals surface area contributed by atoms with Gasteiger partial charge in [0.15, 0.2) is 6.10 Å². The van der Waals surface area contributed by atoms with Crippen LogP contribution in [-0.2, 0) is 9.59 Å². The van der Waals surface area contributed by atoms with Crippen LogP contribution in [0.25, 0.3) is 0 Å². The van der Waals surface area contributed by atoms with Gasteiger partial charge in [-0.25, -0.2) is 0 Å². The summed E-state index contributed by atoms with van der Waals surface area (Å²) >= 11 is 0.